The molecule has 2 aromatic rings. The Bertz CT molecular complexity index is 918. The fourth-order valence-electron chi connectivity index (χ4n) is 2.40. The Morgan fingerprint density at radius 1 is 0.759 bits per heavy atom. The van der Waals surface area contributed by atoms with Crippen LogP contribution in [-0.4, -0.2) is 38.0 Å². The number of hydrogen-bond acceptors (Lipinski definition) is 6. The monoisotopic (exact) mass is 398 g/mol. The van der Waals surface area contributed by atoms with Crippen molar-refractivity contribution in [2.75, 3.05) is 24.9 Å². The molecule has 2 aromatic carbocycles. The smallest absolute Gasteiger partial charge is 0.337 e. The number of anilines is 2. The molecule has 0 atom stereocenters. The quantitative estimate of drug-likeness (QED) is 0.724. The Hall–Kier alpha value is -3.68. The van der Waals surface area contributed by atoms with Crippen molar-refractivity contribution >= 4 is 35.1 Å². The molecule has 0 bridgehead atoms. The van der Waals surface area contributed by atoms with Crippen LogP contribution in [0, 0.1) is 5.92 Å². The van der Waals surface area contributed by atoms with Crippen molar-refractivity contribution in [3.8, 4) is 0 Å². The number of benzene rings is 2. The van der Waals surface area contributed by atoms with Crippen LogP contribution in [0.15, 0.2) is 42.5 Å². The fraction of sp³-hybridized carbons (Fsp3) is 0.238. The van der Waals surface area contributed by atoms with Gasteiger partial charge in [0.05, 0.1) is 25.3 Å². The van der Waals surface area contributed by atoms with E-state index in [1.807, 2.05) is 0 Å². The van der Waals surface area contributed by atoms with Gasteiger partial charge in [-0.2, -0.15) is 0 Å². The minimum absolute atomic E-state index is 0.0867. The molecule has 0 aliphatic rings. The number of nitrogens with one attached hydrogen (secondary N) is 2. The molecule has 0 heterocycles. The van der Waals surface area contributed by atoms with E-state index in [4.69, 9.17) is 0 Å². The summed E-state index contributed by atoms with van der Waals surface area (Å²) in [6.45, 7) is 3.53. The van der Waals surface area contributed by atoms with E-state index in [0.29, 0.717) is 5.69 Å². The molecule has 2 amide bonds. The van der Waals surface area contributed by atoms with Gasteiger partial charge in [0.25, 0.3) is 5.91 Å². The largest absolute Gasteiger partial charge is 0.465 e. The molecule has 0 saturated carbocycles. The second-order valence-electron chi connectivity index (χ2n) is 6.46. The van der Waals surface area contributed by atoms with E-state index in [2.05, 4.69) is 20.1 Å². The predicted molar refractivity (Wildman–Crippen MR) is 107 cm³/mol. The topological polar surface area (TPSA) is 111 Å². The Morgan fingerprint density at radius 2 is 1.31 bits per heavy atom. The van der Waals surface area contributed by atoms with E-state index >= 15 is 0 Å². The van der Waals surface area contributed by atoms with Gasteiger partial charge in [0, 0.05) is 22.9 Å². The zero-order valence-electron chi connectivity index (χ0n) is 16.6. The maximum absolute atomic E-state index is 12.6. The molecule has 0 radical (unpaired) electrons. The minimum atomic E-state index is -0.662. The molecular weight excluding hydrogens is 376 g/mol. The molecule has 0 saturated heterocycles. The molecule has 0 unspecified atom stereocenters. The zero-order valence-corrected chi connectivity index (χ0v) is 16.6. The van der Waals surface area contributed by atoms with Crippen LogP contribution in [0.2, 0.25) is 0 Å². The molecule has 0 aromatic heterocycles. The summed E-state index contributed by atoms with van der Waals surface area (Å²) in [5.41, 5.74) is 1.16. The third-order valence-electron chi connectivity index (χ3n) is 3.95. The van der Waals surface area contributed by atoms with Gasteiger partial charge in [-0.1, -0.05) is 19.9 Å². The van der Waals surface area contributed by atoms with Gasteiger partial charge < -0.3 is 20.1 Å². The molecule has 152 valence electrons. The number of carbonyl (C=O) groups is 4. The average molecular weight is 398 g/mol. The van der Waals surface area contributed by atoms with Gasteiger partial charge in [-0.05, 0) is 36.4 Å². The van der Waals surface area contributed by atoms with E-state index in [-0.39, 0.29) is 34.2 Å². The Morgan fingerprint density at radius 3 is 1.83 bits per heavy atom. The van der Waals surface area contributed by atoms with Crippen molar-refractivity contribution < 1.29 is 28.7 Å². The molecule has 0 spiro atoms. The summed E-state index contributed by atoms with van der Waals surface area (Å²) in [5, 5.41) is 5.36. The number of methoxy groups -OCH3 is 2. The second kappa shape index (κ2) is 9.50. The van der Waals surface area contributed by atoms with Gasteiger partial charge in [0.1, 0.15) is 0 Å². The van der Waals surface area contributed by atoms with Crippen LogP contribution in [0.4, 0.5) is 11.4 Å². The zero-order chi connectivity index (χ0) is 21.6. The van der Waals surface area contributed by atoms with Crippen LogP contribution >= 0.6 is 0 Å². The molecule has 2 rings (SSSR count). The summed E-state index contributed by atoms with van der Waals surface area (Å²) in [6.07, 6.45) is 0. The molecular formula is C21H22N2O6. The van der Waals surface area contributed by atoms with Crippen molar-refractivity contribution in [1.82, 2.24) is 0 Å². The highest BCUT2D eigenvalue weighted by Crippen LogP contribution is 2.19. The summed E-state index contributed by atoms with van der Waals surface area (Å²) < 4.78 is 9.35. The first-order chi connectivity index (χ1) is 13.7. The SMILES string of the molecule is COC(=O)c1cc(NC(=O)c2cccc(NC(=O)C(C)C)c2)cc(C(=O)OC)c1. The van der Waals surface area contributed by atoms with Gasteiger partial charge >= 0.3 is 11.9 Å². The van der Waals surface area contributed by atoms with Gasteiger partial charge in [0.2, 0.25) is 5.91 Å². The number of ether oxygens (including phenoxy) is 2. The number of hydrogen-bond donors (Lipinski definition) is 2. The third-order valence-corrected chi connectivity index (χ3v) is 3.95. The Balaban J connectivity index is 2.29. The summed E-state index contributed by atoms with van der Waals surface area (Å²) in [4.78, 5) is 48.2. The highest BCUT2D eigenvalue weighted by atomic mass is 16.5. The molecule has 8 heteroatoms. The lowest BCUT2D eigenvalue weighted by Crippen LogP contribution is -2.18. The number of esters is 2. The summed E-state index contributed by atoms with van der Waals surface area (Å²) in [6, 6.07) is 10.5. The van der Waals surface area contributed by atoms with Gasteiger partial charge in [-0.25, -0.2) is 9.59 Å². The normalized spacial score (nSPS) is 10.2. The number of carbonyl (C=O) groups excluding carboxylic acids is 4. The van der Waals surface area contributed by atoms with Crippen LogP contribution in [0.25, 0.3) is 0 Å². The molecule has 0 fully saturated rings. The van der Waals surface area contributed by atoms with E-state index in [9.17, 15) is 19.2 Å². The average Bonchev–Trinajstić information content (AvgIpc) is 2.72. The van der Waals surface area contributed by atoms with Crippen LogP contribution in [0.1, 0.15) is 44.9 Å². The maximum Gasteiger partial charge on any atom is 0.337 e. The molecule has 0 aliphatic carbocycles. The van der Waals surface area contributed by atoms with E-state index < -0.39 is 17.8 Å². The molecule has 8 nitrogen and oxygen atoms in total. The van der Waals surface area contributed by atoms with Gasteiger partial charge in [-0.3, -0.25) is 9.59 Å². The molecule has 0 aliphatic heterocycles. The first-order valence-electron chi connectivity index (χ1n) is 8.79. The van der Waals surface area contributed by atoms with E-state index in [0.717, 1.165) is 0 Å². The fourth-order valence-corrected chi connectivity index (χ4v) is 2.40. The third kappa shape index (κ3) is 5.65. The predicted octanol–water partition coefficient (Wildman–Crippen LogP) is 3.11. The van der Waals surface area contributed by atoms with E-state index in [1.54, 1.807) is 32.0 Å². The van der Waals surface area contributed by atoms with Gasteiger partial charge in [0.15, 0.2) is 0 Å². The summed E-state index contributed by atoms with van der Waals surface area (Å²) in [7, 11) is 2.42. The Labute approximate surface area is 168 Å². The lowest BCUT2D eigenvalue weighted by Gasteiger charge is -2.11. The van der Waals surface area contributed by atoms with Crippen LogP contribution < -0.4 is 10.6 Å². The first-order valence-corrected chi connectivity index (χ1v) is 8.79. The van der Waals surface area contributed by atoms with Crippen molar-refractivity contribution in [3.63, 3.8) is 0 Å². The van der Waals surface area contributed by atoms with Crippen molar-refractivity contribution in [2.24, 2.45) is 5.92 Å². The lowest BCUT2D eigenvalue weighted by molar-refractivity contribution is -0.118. The lowest BCUT2D eigenvalue weighted by atomic mass is 10.1. The number of rotatable bonds is 6. The first kappa shape index (κ1) is 21.6. The maximum atomic E-state index is 12.6. The standard InChI is InChI=1S/C21H22N2O6/c1-12(2)18(24)22-16-7-5-6-13(9-16)19(25)23-17-10-14(20(26)28-3)8-15(11-17)21(27)29-4/h5-12H,1-4H3,(H,22,24)(H,23,25). The molecule has 29 heavy (non-hydrogen) atoms. The van der Waals surface area contributed by atoms with E-state index in [1.165, 1.54) is 38.5 Å². The van der Waals surface area contributed by atoms with Gasteiger partial charge in [-0.15, -0.1) is 0 Å². The van der Waals surface area contributed by atoms with Crippen molar-refractivity contribution in [3.05, 3.63) is 59.2 Å². The van der Waals surface area contributed by atoms with Crippen molar-refractivity contribution in [1.29, 1.82) is 0 Å². The number of amides is 2. The highest BCUT2D eigenvalue weighted by Gasteiger charge is 2.16. The van der Waals surface area contributed by atoms with Crippen LogP contribution in [-0.2, 0) is 14.3 Å². The van der Waals surface area contributed by atoms with Crippen molar-refractivity contribution in [2.45, 2.75) is 13.8 Å². The van der Waals surface area contributed by atoms with Crippen LogP contribution in [0.3, 0.4) is 0 Å². The minimum Gasteiger partial charge on any atom is -0.465 e. The Kier molecular flexibility index (Phi) is 7.08. The second-order valence-corrected chi connectivity index (χ2v) is 6.46. The van der Waals surface area contributed by atoms with Crippen LogP contribution in [0.5, 0.6) is 0 Å². The summed E-state index contributed by atoms with van der Waals surface area (Å²) >= 11 is 0. The molecule has 2 N–H and O–H groups in total. The summed E-state index contributed by atoms with van der Waals surface area (Å²) in [5.74, 6) is -2.18. The highest BCUT2D eigenvalue weighted by molar-refractivity contribution is 6.07.